The average molecular weight is 331 g/mol. The lowest BCUT2D eigenvalue weighted by molar-refractivity contribution is -0.130. The van der Waals surface area contributed by atoms with Gasteiger partial charge in [0.25, 0.3) is 0 Å². The standard InChI is InChI=1S/C19H22FNO3/c1-21(12-13-24-17-9-7-16(20)8-10-17)19(22)11-6-15-4-3-5-18(14-15)23-2/h3-5,7-10,14H,6,11-13H2,1-2H3. The monoisotopic (exact) mass is 331 g/mol. The minimum absolute atomic E-state index is 0.0560. The quantitative estimate of drug-likeness (QED) is 0.745. The molecule has 0 aliphatic carbocycles. The summed E-state index contributed by atoms with van der Waals surface area (Å²) in [6.07, 6.45) is 1.10. The first kappa shape index (κ1) is 17.8. The third-order valence-corrected chi connectivity index (χ3v) is 3.70. The third-order valence-electron chi connectivity index (χ3n) is 3.70. The highest BCUT2D eigenvalue weighted by Gasteiger charge is 2.09. The van der Waals surface area contributed by atoms with Gasteiger partial charge in [-0.05, 0) is 48.4 Å². The summed E-state index contributed by atoms with van der Waals surface area (Å²) in [5, 5.41) is 0. The van der Waals surface area contributed by atoms with Gasteiger partial charge in [0.15, 0.2) is 0 Å². The lowest BCUT2D eigenvalue weighted by Gasteiger charge is -2.17. The third kappa shape index (κ3) is 5.57. The van der Waals surface area contributed by atoms with Crippen molar-refractivity contribution < 1.29 is 18.7 Å². The van der Waals surface area contributed by atoms with Crippen LogP contribution in [0.1, 0.15) is 12.0 Å². The van der Waals surface area contributed by atoms with Crippen LogP contribution in [0.3, 0.4) is 0 Å². The molecule has 0 aliphatic heterocycles. The van der Waals surface area contributed by atoms with Crippen molar-refractivity contribution in [1.29, 1.82) is 0 Å². The lowest BCUT2D eigenvalue weighted by Crippen LogP contribution is -2.31. The molecule has 4 nitrogen and oxygen atoms in total. The van der Waals surface area contributed by atoms with E-state index in [4.69, 9.17) is 9.47 Å². The maximum absolute atomic E-state index is 12.8. The molecule has 0 fully saturated rings. The largest absolute Gasteiger partial charge is 0.497 e. The maximum Gasteiger partial charge on any atom is 0.222 e. The molecule has 0 radical (unpaired) electrons. The number of benzene rings is 2. The highest BCUT2D eigenvalue weighted by atomic mass is 19.1. The molecule has 0 aliphatic rings. The first-order chi connectivity index (χ1) is 11.6. The van der Waals surface area contributed by atoms with E-state index >= 15 is 0 Å². The number of methoxy groups -OCH3 is 1. The summed E-state index contributed by atoms with van der Waals surface area (Å²) in [6, 6.07) is 13.5. The Bertz CT molecular complexity index is 658. The highest BCUT2D eigenvalue weighted by Crippen LogP contribution is 2.14. The number of hydrogen-bond acceptors (Lipinski definition) is 3. The fraction of sp³-hybridized carbons (Fsp3) is 0.316. The van der Waals surface area contributed by atoms with Crippen molar-refractivity contribution in [1.82, 2.24) is 4.90 Å². The summed E-state index contributed by atoms with van der Waals surface area (Å²) in [4.78, 5) is 13.8. The molecule has 2 aromatic rings. The zero-order valence-electron chi connectivity index (χ0n) is 14.0. The van der Waals surface area contributed by atoms with E-state index in [0.717, 1.165) is 11.3 Å². The van der Waals surface area contributed by atoms with Gasteiger partial charge in [-0.25, -0.2) is 4.39 Å². The van der Waals surface area contributed by atoms with Crippen molar-refractivity contribution in [3.63, 3.8) is 0 Å². The number of rotatable bonds is 8. The van der Waals surface area contributed by atoms with Gasteiger partial charge in [-0.1, -0.05) is 12.1 Å². The van der Waals surface area contributed by atoms with E-state index in [1.165, 1.54) is 12.1 Å². The molecular weight excluding hydrogens is 309 g/mol. The number of hydrogen-bond donors (Lipinski definition) is 0. The lowest BCUT2D eigenvalue weighted by atomic mass is 10.1. The van der Waals surface area contributed by atoms with Crippen molar-refractivity contribution in [3.8, 4) is 11.5 Å². The van der Waals surface area contributed by atoms with E-state index in [0.29, 0.717) is 31.7 Å². The predicted molar refractivity (Wildman–Crippen MR) is 90.8 cm³/mol. The molecule has 0 atom stereocenters. The van der Waals surface area contributed by atoms with Crippen LogP contribution >= 0.6 is 0 Å². The second kappa shape index (κ2) is 8.91. The van der Waals surface area contributed by atoms with Crippen LogP contribution in [0.4, 0.5) is 4.39 Å². The second-order valence-corrected chi connectivity index (χ2v) is 5.47. The molecule has 0 unspecified atom stereocenters. The number of aryl methyl sites for hydroxylation is 1. The zero-order valence-corrected chi connectivity index (χ0v) is 14.0. The predicted octanol–water partition coefficient (Wildman–Crippen LogP) is 3.30. The Balaban J connectivity index is 1.72. The smallest absolute Gasteiger partial charge is 0.222 e. The molecule has 0 saturated heterocycles. The Morgan fingerprint density at radius 2 is 1.88 bits per heavy atom. The summed E-state index contributed by atoms with van der Waals surface area (Å²) in [6.45, 7) is 0.849. The van der Waals surface area contributed by atoms with Crippen molar-refractivity contribution in [3.05, 3.63) is 59.9 Å². The molecule has 0 aromatic heterocycles. The van der Waals surface area contributed by atoms with Crippen molar-refractivity contribution in [2.75, 3.05) is 27.3 Å². The molecule has 24 heavy (non-hydrogen) atoms. The van der Waals surface area contributed by atoms with Crippen LogP contribution in [0.15, 0.2) is 48.5 Å². The van der Waals surface area contributed by atoms with Gasteiger partial charge in [-0.3, -0.25) is 4.79 Å². The van der Waals surface area contributed by atoms with E-state index < -0.39 is 0 Å². The van der Waals surface area contributed by atoms with E-state index in [-0.39, 0.29) is 11.7 Å². The topological polar surface area (TPSA) is 38.8 Å². The SMILES string of the molecule is COc1cccc(CCC(=O)N(C)CCOc2ccc(F)cc2)c1. The van der Waals surface area contributed by atoms with E-state index in [2.05, 4.69) is 0 Å². The van der Waals surface area contributed by atoms with Gasteiger partial charge >= 0.3 is 0 Å². The molecule has 0 saturated carbocycles. The van der Waals surface area contributed by atoms with Gasteiger partial charge in [0.1, 0.15) is 23.9 Å². The Hall–Kier alpha value is -2.56. The number of amides is 1. The van der Waals surface area contributed by atoms with Gasteiger partial charge in [-0.2, -0.15) is 0 Å². The second-order valence-electron chi connectivity index (χ2n) is 5.47. The van der Waals surface area contributed by atoms with Gasteiger partial charge in [0, 0.05) is 13.5 Å². The fourth-order valence-electron chi connectivity index (χ4n) is 2.23. The molecule has 128 valence electrons. The highest BCUT2D eigenvalue weighted by molar-refractivity contribution is 5.76. The molecule has 1 amide bonds. The fourth-order valence-corrected chi connectivity index (χ4v) is 2.23. The molecule has 2 rings (SSSR count). The first-order valence-electron chi connectivity index (χ1n) is 7.84. The van der Waals surface area contributed by atoms with Gasteiger partial charge in [0.2, 0.25) is 5.91 Å². The van der Waals surface area contributed by atoms with Crippen LogP contribution in [0.25, 0.3) is 0 Å². The molecule has 0 heterocycles. The number of ether oxygens (including phenoxy) is 2. The number of carbonyl (C=O) groups is 1. The number of nitrogens with zero attached hydrogens (tertiary/aromatic N) is 1. The Kier molecular flexibility index (Phi) is 6.61. The summed E-state index contributed by atoms with van der Waals surface area (Å²) in [5.74, 6) is 1.14. The molecule has 5 heteroatoms. The molecule has 0 bridgehead atoms. The Labute approximate surface area is 141 Å². The zero-order chi connectivity index (χ0) is 17.4. The van der Waals surface area contributed by atoms with E-state index in [1.807, 2.05) is 24.3 Å². The van der Waals surface area contributed by atoms with Crippen molar-refractivity contribution in [2.45, 2.75) is 12.8 Å². The summed E-state index contributed by atoms with van der Waals surface area (Å²) < 4.78 is 23.5. The van der Waals surface area contributed by atoms with Crippen LogP contribution in [-0.4, -0.2) is 38.1 Å². The van der Waals surface area contributed by atoms with E-state index in [1.54, 1.807) is 31.2 Å². The number of likely N-dealkylation sites (N-methyl/N-ethyl adjacent to an activating group) is 1. The maximum atomic E-state index is 12.8. The average Bonchev–Trinajstić information content (AvgIpc) is 2.61. The minimum Gasteiger partial charge on any atom is -0.497 e. The van der Waals surface area contributed by atoms with Crippen LogP contribution in [0, 0.1) is 5.82 Å². The van der Waals surface area contributed by atoms with Crippen LogP contribution in [0.2, 0.25) is 0 Å². The van der Waals surface area contributed by atoms with Crippen LogP contribution in [-0.2, 0) is 11.2 Å². The van der Waals surface area contributed by atoms with Gasteiger partial charge in [-0.15, -0.1) is 0 Å². The summed E-state index contributed by atoms with van der Waals surface area (Å²) in [7, 11) is 3.38. The Morgan fingerprint density at radius 3 is 2.58 bits per heavy atom. The van der Waals surface area contributed by atoms with Gasteiger partial charge in [0.05, 0.1) is 13.7 Å². The van der Waals surface area contributed by atoms with Crippen LogP contribution < -0.4 is 9.47 Å². The van der Waals surface area contributed by atoms with E-state index in [9.17, 15) is 9.18 Å². The minimum atomic E-state index is -0.299. The summed E-state index contributed by atoms with van der Waals surface area (Å²) in [5.41, 5.74) is 1.07. The summed E-state index contributed by atoms with van der Waals surface area (Å²) >= 11 is 0. The van der Waals surface area contributed by atoms with Crippen molar-refractivity contribution >= 4 is 5.91 Å². The normalized spacial score (nSPS) is 10.3. The molecule has 0 spiro atoms. The molecule has 0 N–H and O–H groups in total. The van der Waals surface area contributed by atoms with Gasteiger partial charge < -0.3 is 14.4 Å². The molecular formula is C19H22FNO3. The van der Waals surface area contributed by atoms with Crippen molar-refractivity contribution in [2.24, 2.45) is 0 Å². The number of carbonyl (C=O) groups excluding carboxylic acids is 1. The molecule has 2 aromatic carbocycles. The van der Waals surface area contributed by atoms with Crippen LogP contribution in [0.5, 0.6) is 11.5 Å². The number of halogens is 1. The Morgan fingerprint density at radius 1 is 1.12 bits per heavy atom. The first-order valence-corrected chi connectivity index (χ1v) is 7.84.